The summed E-state index contributed by atoms with van der Waals surface area (Å²) in [6.45, 7) is 5.15. The van der Waals surface area contributed by atoms with Crippen LogP contribution in [0, 0.1) is 24.4 Å². The van der Waals surface area contributed by atoms with Crippen molar-refractivity contribution in [3.8, 4) is 17.0 Å². The maximum atomic E-state index is 15.1. The second-order valence-corrected chi connectivity index (χ2v) is 6.77. The van der Waals surface area contributed by atoms with Crippen molar-refractivity contribution >= 4 is 5.69 Å². The summed E-state index contributed by atoms with van der Waals surface area (Å²) in [6.07, 6.45) is 2.23. The SMILES string of the molecule is CCOc1cc(C)ncc1N1CCc2[nH]c(-c3c(F)cccc3F)c(F)c2C1. The molecule has 146 valence electrons. The van der Waals surface area contributed by atoms with Gasteiger partial charge in [0.25, 0.3) is 0 Å². The van der Waals surface area contributed by atoms with Crippen molar-refractivity contribution in [1.82, 2.24) is 9.97 Å². The molecule has 2 aromatic heterocycles. The van der Waals surface area contributed by atoms with Crippen LogP contribution in [0.1, 0.15) is 23.9 Å². The minimum absolute atomic E-state index is 0.144. The number of fused-ring (bicyclic) bond motifs is 1. The second-order valence-electron chi connectivity index (χ2n) is 6.77. The smallest absolute Gasteiger partial charge is 0.154 e. The number of hydrogen-bond donors (Lipinski definition) is 1. The Kier molecular flexibility index (Phi) is 4.75. The molecule has 0 spiro atoms. The highest BCUT2D eigenvalue weighted by Crippen LogP contribution is 2.36. The molecule has 0 radical (unpaired) electrons. The molecular formula is C21H20F3N3O. The minimum Gasteiger partial charge on any atom is -0.492 e. The zero-order valence-corrected chi connectivity index (χ0v) is 15.7. The van der Waals surface area contributed by atoms with Crippen LogP contribution in [0.3, 0.4) is 0 Å². The molecule has 1 aliphatic rings. The van der Waals surface area contributed by atoms with E-state index in [-0.39, 0.29) is 17.8 Å². The third-order valence-electron chi connectivity index (χ3n) is 4.94. The molecule has 1 aliphatic heterocycles. The summed E-state index contributed by atoms with van der Waals surface area (Å²) in [7, 11) is 0. The Morgan fingerprint density at radius 3 is 2.68 bits per heavy atom. The van der Waals surface area contributed by atoms with E-state index < -0.39 is 17.5 Å². The number of pyridine rings is 1. The molecule has 0 unspecified atom stereocenters. The minimum atomic E-state index is -0.796. The Labute approximate surface area is 161 Å². The third kappa shape index (κ3) is 3.10. The first-order valence-corrected chi connectivity index (χ1v) is 9.17. The lowest BCUT2D eigenvalue weighted by molar-refractivity contribution is 0.339. The molecule has 4 nitrogen and oxygen atoms in total. The van der Waals surface area contributed by atoms with Gasteiger partial charge < -0.3 is 14.6 Å². The molecule has 0 bridgehead atoms. The number of benzene rings is 1. The lowest BCUT2D eigenvalue weighted by Gasteiger charge is -2.30. The summed E-state index contributed by atoms with van der Waals surface area (Å²) in [4.78, 5) is 9.19. The zero-order chi connectivity index (χ0) is 19.8. The fourth-order valence-corrected chi connectivity index (χ4v) is 3.61. The van der Waals surface area contributed by atoms with E-state index in [1.54, 1.807) is 6.20 Å². The highest BCUT2D eigenvalue weighted by Gasteiger charge is 2.28. The molecule has 4 rings (SSSR count). The van der Waals surface area contributed by atoms with Gasteiger partial charge in [-0.3, -0.25) is 4.98 Å². The Morgan fingerprint density at radius 1 is 1.21 bits per heavy atom. The predicted octanol–water partition coefficient (Wildman–Crippen LogP) is 4.76. The van der Waals surface area contributed by atoms with Crippen molar-refractivity contribution in [1.29, 1.82) is 0 Å². The van der Waals surface area contributed by atoms with Gasteiger partial charge in [-0.2, -0.15) is 0 Å². The quantitative estimate of drug-likeness (QED) is 0.702. The summed E-state index contributed by atoms with van der Waals surface area (Å²) in [6, 6.07) is 5.35. The van der Waals surface area contributed by atoms with Crippen molar-refractivity contribution in [3.05, 3.63) is 64.9 Å². The van der Waals surface area contributed by atoms with Crippen LogP contribution in [-0.2, 0) is 13.0 Å². The van der Waals surface area contributed by atoms with Gasteiger partial charge >= 0.3 is 0 Å². The molecule has 3 heterocycles. The molecule has 7 heteroatoms. The number of ether oxygens (including phenoxy) is 1. The van der Waals surface area contributed by atoms with Crippen LogP contribution in [0.5, 0.6) is 5.75 Å². The van der Waals surface area contributed by atoms with Crippen molar-refractivity contribution < 1.29 is 17.9 Å². The number of aromatic nitrogens is 2. The summed E-state index contributed by atoms with van der Waals surface area (Å²) >= 11 is 0. The van der Waals surface area contributed by atoms with Gasteiger partial charge in [0, 0.05) is 42.5 Å². The number of nitrogens with one attached hydrogen (secondary N) is 1. The molecule has 28 heavy (non-hydrogen) atoms. The van der Waals surface area contributed by atoms with Gasteiger partial charge in [0.15, 0.2) is 5.82 Å². The normalized spacial score (nSPS) is 13.5. The third-order valence-corrected chi connectivity index (χ3v) is 4.94. The molecule has 0 saturated heterocycles. The van der Waals surface area contributed by atoms with E-state index in [2.05, 4.69) is 9.97 Å². The molecule has 0 aliphatic carbocycles. The van der Waals surface area contributed by atoms with Crippen molar-refractivity contribution in [2.45, 2.75) is 26.8 Å². The number of nitrogens with zero attached hydrogens (tertiary/aromatic N) is 2. The molecule has 1 aromatic carbocycles. The number of H-pyrrole nitrogens is 1. The molecular weight excluding hydrogens is 367 g/mol. The van der Waals surface area contributed by atoms with Crippen LogP contribution in [0.4, 0.5) is 18.9 Å². The Bertz CT molecular complexity index is 1010. The highest BCUT2D eigenvalue weighted by molar-refractivity contribution is 5.66. The Morgan fingerprint density at radius 2 is 1.96 bits per heavy atom. The number of halogens is 3. The van der Waals surface area contributed by atoms with Gasteiger partial charge in [-0.15, -0.1) is 0 Å². The molecule has 0 atom stereocenters. The molecule has 0 fully saturated rings. The Balaban J connectivity index is 1.72. The van der Waals surface area contributed by atoms with Crippen molar-refractivity contribution in [2.75, 3.05) is 18.1 Å². The summed E-state index contributed by atoms with van der Waals surface area (Å²) in [5.41, 5.74) is 2.16. The molecule has 0 amide bonds. The topological polar surface area (TPSA) is 41.1 Å². The van der Waals surface area contributed by atoms with Gasteiger partial charge in [-0.25, -0.2) is 13.2 Å². The first-order valence-electron chi connectivity index (χ1n) is 9.17. The van der Waals surface area contributed by atoms with Crippen molar-refractivity contribution in [3.63, 3.8) is 0 Å². The van der Waals surface area contributed by atoms with Crippen LogP contribution in [0.2, 0.25) is 0 Å². The van der Waals surface area contributed by atoms with E-state index in [9.17, 15) is 8.78 Å². The first-order chi connectivity index (χ1) is 13.5. The van der Waals surface area contributed by atoms with E-state index in [0.717, 1.165) is 23.5 Å². The van der Waals surface area contributed by atoms with E-state index in [0.29, 0.717) is 36.6 Å². The highest BCUT2D eigenvalue weighted by atomic mass is 19.1. The van der Waals surface area contributed by atoms with Crippen LogP contribution in [0.25, 0.3) is 11.3 Å². The zero-order valence-electron chi connectivity index (χ0n) is 15.7. The van der Waals surface area contributed by atoms with Gasteiger partial charge in [0.05, 0.1) is 29.7 Å². The molecule has 0 saturated carbocycles. The largest absolute Gasteiger partial charge is 0.492 e. The molecule has 1 N–H and O–H groups in total. The maximum Gasteiger partial charge on any atom is 0.154 e. The summed E-state index contributed by atoms with van der Waals surface area (Å²) in [5, 5.41) is 0. The van der Waals surface area contributed by atoms with E-state index in [1.165, 1.54) is 6.07 Å². The second kappa shape index (κ2) is 7.22. The first kappa shape index (κ1) is 18.4. The van der Waals surface area contributed by atoms with Gasteiger partial charge in [-0.1, -0.05) is 6.07 Å². The lowest BCUT2D eigenvalue weighted by Crippen LogP contribution is -2.31. The average molecular weight is 387 g/mol. The summed E-state index contributed by atoms with van der Waals surface area (Å²) < 4.78 is 49.1. The number of anilines is 1. The van der Waals surface area contributed by atoms with Crippen LogP contribution < -0.4 is 9.64 Å². The van der Waals surface area contributed by atoms with Crippen LogP contribution in [-0.4, -0.2) is 23.1 Å². The van der Waals surface area contributed by atoms with E-state index in [4.69, 9.17) is 4.74 Å². The lowest BCUT2D eigenvalue weighted by atomic mass is 10.1. The van der Waals surface area contributed by atoms with Crippen molar-refractivity contribution in [2.24, 2.45) is 0 Å². The van der Waals surface area contributed by atoms with E-state index in [1.807, 2.05) is 24.8 Å². The maximum absolute atomic E-state index is 15.1. The van der Waals surface area contributed by atoms with Gasteiger partial charge in [-0.05, 0) is 26.0 Å². The average Bonchev–Trinajstić information content (AvgIpc) is 2.98. The standard InChI is InChI=1S/C21H20F3N3O/c1-3-28-18-9-12(2)25-10-17(18)27-8-7-16-13(11-27)20(24)21(26-16)19-14(22)5-4-6-15(19)23/h4-6,9-10,26H,3,7-8,11H2,1-2H3. The van der Waals surface area contributed by atoms with Gasteiger partial charge in [0.2, 0.25) is 0 Å². The van der Waals surface area contributed by atoms with Gasteiger partial charge in [0.1, 0.15) is 17.4 Å². The number of aryl methyl sites for hydroxylation is 1. The number of aromatic amines is 1. The fourth-order valence-electron chi connectivity index (χ4n) is 3.61. The Hall–Kier alpha value is -2.96. The van der Waals surface area contributed by atoms with Crippen LogP contribution in [0.15, 0.2) is 30.5 Å². The molecule has 3 aromatic rings. The summed E-state index contributed by atoms with van der Waals surface area (Å²) in [5.74, 6) is -1.53. The monoisotopic (exact) mass is 387 g/mol. The van der Waals surface area contributed by atoms with E-state index >= 15 is 4.39 Å². The predicted molar refractivity (Wildman–Crippen MR) is 101 cm³/mol. The van der Waals surface area contributed by atoms with Crippen LogP contribution >= 0.6 is 0 Å². The fraction of sp³-hybridized carbons (Fsp3) is 0.286. The number of hydrogen-bond acceptors (Lipinski definition) is 3. The number of rotatable bonds is 4.